The summed E-state index contributed by atoms with van der Waals surface area (Å²) in [7, 11) is 0. The van der Waals surface area contributed by atoms with Gasteiger partial charge in [0.05, 0.1) is 0 Å². The van der Waals surface area contributed by atoms with E-state index in [9.17, 15) is 8.78 Å². The molecule has 2 rings (SSSR count). The Kier molecular flexibility index (Phi) is 3.51. The van der Waals surface area contributed by atoms with E-state index in [0.29, 0.717) is 5.56 Å². The highest BCUT2D eigenvalue weighted by atomic mass is 19.2. The number of benzene rings is 1. The first-order chi connectivity index (χ1) is 7.70. The molecule has 0 unspecified atom stereocenters. The fourth-order valence-electron chi connectivity index (χ4n) is 2.11. The minimum absolute atomic E-state index is 0.0715. The molecule has 0 bridgehead atoms. The van der Waals surface area contributed by atoms with Crippen molar-refractivity contribution in [2.75, 3.05) is 26.2 Å². The van der Waals surface area contributed by atoms with Crippen molar-refractivity contribution in [2.24, 2.45) is 0 Å². The van der Waals surface area contributed by atoms with Gasteiger partial charge in [0.25, 0.3) is 0 Å². The smallest absolute Gasteiger partial charge is 0.163 e. The van der Waals surface area contributed by atoms with Crippen molar-refractivity contribution in [2.45, 2.75) is 13.0 Å². The summed E-state index contributed by atoms with van der Waals surface area (Å²) in [4.78, 5) is 2.16. The van der Waals surface area contributed by atoms with Crippen LogP contribution >= 0.6 is 0 Å². The highest BCUT2D eigenvalue weighted by molar-refractivity contribution is 5.22. The molecule has 0 amide bonds. The lowest BCUT2D eigenvalue weighted by molar-refractivity contribution is 0.181. The summed E-state index contributed by atoms with van der Waals surface area (Å²) < 4.78 is 26.7. The third-order valence-electron chi connectivity index (χ3n) is 3.13. The van der Waals surface area contributed by atoms with Crippen LogP contribution in [-0.2, 0) is 0 Å². The Hall–Kier alpha value is -1.00. The number of rotatable bonds is 2. The van der Waals surface area contributed by atoms with Gasteiger partial charge in [-0.15, -0.1) is 0 Å². The minimum Gasteiger partial charge on any atom is -0.314 e. The second-order valence-corrected chi connectivity index (χ2v) is 4.10. The van der Waals surface area contributed by atoms with Gasteiger partial charge in [-0.25, -0.2) is 8.78 Å². The highest BCUT2D eigenvalue weighted by Gasteiger charge is 2.21. The normalized spacial score (nSPS) is 19.7. The molecule has 1 aliphatic rings. The van der Waals surface area contributed by atoms with Gasteiger partial charge < -0.3 is 5.32 Å². The van der Waals surface area contributed by atoms with E-state index < -0.39 is 11.6 Å². The van der Waals surface area contributed by atoms with E-state index in [2.05, 4.69) is 10.2 Å². The number of halogens is 2. The summed E-state index contributed by atoms with van der Waals surface area (Å²) >= 11 is 0. The predicted molar refractivity (Wildman–Crippen MR) is 59.2 cm³/mol. The molecule has 16 heavy (non-hydrogen) atoms. The van der Waals surface area contributed by atoms with Crippen molar-refractivity contribution in [1.82, 2.24) is 10.2 Å². The van der Waals surface area contributed by atoms with Crippen LogP contribution in [0.5, 0.6) is 0 Å². The Bertz CT molecular complexity index is 362. The van der Waals surface area contributed by atoms with Crippen LogP contribution in [0.4, 0.5) is 8.78 Å². The zero-order chi connectivity index (χ0) is 11.5. The van der Waals surface area contributed by atoms with Crippen LogP contribution in [0.15, 0.2) is 18.2 Å². The van der Waals surface area contributed by atoms with Crippen molar-refractivity contribution >= 4 is 0 Å². The third kappa shape index (κ3) is 2.23. The average Bonchev–Trinajstić information content (AvgIpc) is 2.33. The Balaban J connectivity index is 2.19. The first kappa shape index (κ1) is 11.5. The average molecular weight is 226 g/mol. The maximum atomic E-state index is 13.6. The fraction of sp³-hybridized carbons (Fsp3) is 0.500. The number of hydrogen-bond acceptors (Lipinski definition) is 2. The molecule has 1 N–H and O–H groups in total. The standard InChI is InChI=1S/C12H16F2N2/c1-9(16-7-5-15-6-8-16)10-3-2-4-11(13)12(10)14/h2-4,9,15H,5-8H2,1H3/t9-/m1/s1. The molecule has 1 heterocycles. The van der Waals surface area contributed by atoms with Crippen molar-refractivity contribution < 1.29 is 8.78 Å². The summed E-state index contributed by atoms with van der Waals surface area (Å²) in [5, 5.41) is 3.24. The molecule has 1 aliphatic heterocycles. The lowest BCUT2D eigenvalue weighted by Crippen LogP contribution is -2.44. The van der Waals surface area contributed by atoms with E-state index in [1.807, 2.05) is 6.92 Å². The van der Waals surface area contributed by atoms with E-state index in [1.54, 1.807) is 12.1 Å². The van der Waals surface area contributed by atoms with E-state index >= 15 is 0 Å². The van der Waals surface area contributed by atoms with E-state index in [1.165, 1.54) is 0 Å². The second kappa shape index (κ2) is 4.89. The van der Waals surface area contributed by atoms with Gasteiger partial charge in [0.15, 0.2) is 11.6 Å². The maximum Gasteiger partial charge on any atom is 0.163 e. The lowest BCUT2D eigenvalue weighted by Gasteiger charge is -2.33. The molecule has 0 radical (unpaired) electrons. The fourth-order valence-corrected chi connectivity index (χ4v) is 2.11. The van der Waals surface area contributed by atoms with Gasteiger partial charge >= 0.3 is 0 Å². The molecule has 88 valence electrons. The largest absolute Gasteiger partial charge is 0.314 e. The summed E-state index contributed by atoms with van der Waals surface area (Å²) in [6.45, 7) is 5.47. The Morgan fingerprint density at radius 2 is 1.94 bits per heavy atom. The summed E-state index contributed by atoms with van der Waals surface area (Å²) in [5.74, 6) is -1.48. The van der Waals surface area contributed by atoms with Crippen LogP contribution in [0.25, 0.3) is 0 Å². The molecule has 0 saturated carbocycles. The molecule has 0 spiro atoms. The van der Waals surface area contributed by atoms with Crippen LogP contribution in [0.1, 0.15) is 18.5 Å². The second-order valence-electron chi connectivity index (χ2n) is 4.10. The summed E-state index contributed by atoms with van der Waals surface area (Å²) in [6, 6.07) is 4.30. The number of nitrogens with zero attached hydrogens (tertiary/aromatic N) is 1. The van der Waals surface area contributed by atoms with Gasteiger partial charge in [-0.05, 0) is 13.0 Å². The maximum absolute atomic E-state index is 13.6. The van der Waals surface area contributed by atoms with Gasteiger partial charge in [-0.2, -0.15) is 0 Å². The summed E-state index contributed by atoms with van der Waals surface area (Å²) in [6.07, 6.45) is 0. The van der Waals surface area contributed by atoms with Crippen LogP contribution in [0.2, 0.25) is 0 Å². The topological polar surface area (TPSA) is 15.3 Å². The Labute approximate surface area is 94.3 Å². The van der Waals surface area contributed by atoms with Crippen LogP contribution in [0, 0.1) is 11.6 Å². The Morgan fingerprint density at radius 3 is 2.62 bits per heavy atom. The Morgan fingerprint density at radius 1 is 1.25 bits per heavy atom. The van der Waals surface area contributed by atoms with Crippen molar-refractivity contribution in [3.05, 3.63) is 35.4 Å². The van der Waals surface area contributed by atoms with Gasteiger partial charge in [-0.1, -0.05) is 12.1 Å². The summed E-state index contributed by atoms with van der Waals surface area (Å²) in [5.41, 5.74) is 0.446. The molecule has 1 fully saturated rings. The van der Waals surface area contributed by atoms with Gasteiger partial charge in [0.2, 0.25) is 0 Å². The first-order valence-corrected chi connectivity index (χ1v) is 5.59. The zero-order valence-electron chi connectivity index (χ0n) is 9.34. The predicted octanol–water partition coefficient (Wildman–Crippen LogP) is 1.93. The van der Waals surface area contributed by atoms with Gasteiger partial charge in [0.1, 0.15) is 0 Å². The van der Waals surface area contributed by atoms with E-state index in [-0.39, 0.29) is 6.04 Å². The van der Waals surface area contributed by atoms with Crippen LogP contribution in [-0.4, -0.2) is 31.1 Å². The number of hydrogen-bond donors (Lipinski definition) is 1. The zero-order valence-corrected chi connectivity index (χ0v) is 9.34. The van der Waals surface area contributed by atoms with Crippen molar-refractivity contribution in [3.8, 4) is 0 Å². The SMILES string of the molecule is C[C@H](c1cccc(F)c1F)N1CCNCC1. The number of nitrogens with one attached hydrogen (secondary N) is 1. The monoisotopic (exact) mass is 226 g/mol. The molecule has 4 heteroatoms. The first-order valence-electron chi connectivity index (χ1n) is 5.59. The van der Waals surface area contributed by atoms with E-state index in [4.69, 9.17) is 0 Å². The number of piperazine rings is 1. The molecule has 1 atom stereocenters. The molecular weight excluding hydrogens is 210 g/mol. The van der Waals surface area contributed by atoms with Gasteiger partial charge in [0, 0.05) is 37.8 Å². The highest BCUT2D eigenvalue weighted by Crippen LogP contribution is 2.24. The minimum atomic E-state index is -0.764. The van der Waals surface area contributed by atoms with Crippen LogP contribution < -0.4 is 5.32 Å². The molecule has 0 aromatic heterocycles. The molecule has 0 aliphatic carbocycles. The molecule has 2 nitrogen and oxygen atoms in total. The lowest BCUT2D eigenvalue weighted by atomic mass is 10.1. The third-order valence-corrected chi connectivity index (χ3v) is 3.13. The van der Waals surface area contributed by atoms with Gasteiger partial charge in [-0.3, -0.25) is 4.90 Å². The van der Waals surface area contributed by atoms with Crippen molar-refractivity contribution in [3.63, 3.8) is 0 Å². The molecule has 1 aromatic carbocycles. The molecule has 1 aromatic rings. The van der Waals surface area contributed by atoms with Crippen LogP contribution in [0.3, 0.4) is 0 Å². The van der Waals surface area contributed by atoms with Crippen molar-refractivity contribution in [1.29, 1.82) is 0 Å². The molecule has 1 saturated heterocycles. The molecular formula is C12H16F2N2. The van der Waals surface area contributed by atoms with E-state index in [0.717, 1.165) is 32.2 Å². The quantitative estimate of drug-likeness (QED) is 0.829.